The van der Waals surface area contributed by atoms with Gasteiger partial charge in [0.05, 0.1) is 6.61 Å². The Morgan fingerprint density at radius 3 is 2.58 bits per heavy atom. The van der Waals surface area contributed by atoms with E-state index >= 15 is 0 Å². The second-order valence-electron chi connectivity index (χ2n) is 5.77. The zero-order chi connectivity index (χ0) is 13.2. The molecule has 1 atom stereocenters. The third-order valence-electron chi connectivity index (χ3n) is 4.31. The lowest BCUT2D eigenvalue weighted by Gasteiger charge is -2.16. The van der Waals surface area contributed by atoms with Gasteiger partial charge in [-0.05, 0) is 48.8 Å². The van der Waals surface area contributed by atoms with E-state index in [-0.39, 0.29) is 5.91 Å². The molecule has 0 spiro atoms. The zero-order valence-electron chi connectivity index (χ0n) is 11.5. The molecule has 0 radical (unpaired) electrons. The number of hydrogen-bond donors (Lipinski definition) is 0. The average molecular weight is 259 g/mol. The molecule has 1 heterocycles. The van der Waals surface area contributed by atoms with Crippen LogP contribution in [0.1, 0.15) is 35.2 Å². The van der Waals surface area contributed by atoms with Crippen LogP contribution in [-0.2, 0) is 11.3 Å². The number of nitrogens with zero attached hydrogens (tertiary/aromatic N) is 1. The van der Waals surface area contributed by atoms with Gasteiger partial charge in [-0.15, -0.1) is 0 Å². The minimum Gasteiger partial charge on any atom is -0.380 e. The third-order valence-corrected chi connectivity index (χ3v) is 4.31. The van der Waals surface area contributed by atoms with Crippen molar-refractivity contribution in [2.75, 3.05) is 20.2 Å². The maximum Gasteiger partial charge on any atom is 0.253 e. The molecular weight excluding hydrogens is 238 g/mol. The minimum absolute atomic E-state index is 0.187. The van der Waals surface area contributed by atoms with Gasteiger partial charge < -0.3 is 9.64 Å². The standard InChI is InChI=1S/C16H21NO2/c1-19-11-12-2-4-14(5-3-12)16(18)17-9-8-15(10-17)13-6-7-13/h2-5,13,15H,6-11H2,1H3. The number of methoxy groups -OCH3 is 1. The number of rotatable bonds is 4. The highest BCUT2D eigenvalue weighted by atomic mass is 16.5. The molecule has 1 amide bonds. The summed E-state index contributed by atoms with van der Waals surface area (Å²) in [4.78, 5) is 14.4. The van der Waals surface area contributed by atoms with E-state index in [0.717, 1.165) is 36.1 Å². The molecule has 1 unspecified atom stereocenters. The first-order valence-electron chi connectivity index (χ1n) is 7.15. The van der Waals surface area contributed by atoms with Crippen molar-refractivity contribution < 1.29 is 9.53 Å². The highest BCUT2D eigenvalue weighted by Crippen LogP contribution is 2.41. The molecule has 3 nitrogen and oxygen atoms in total. The van der Waals surface area contributed by atoms with Crippen LogP contribution in [0.2, 0.25) is 0 Å². The Balaban J connectivity index is 1.63. The molecule has 1 aliphatic carbocycles. The highest BCUT2D eigenvalue weighted by molar-refractivity contribution is 5.94. The Morgan fingerprint density at radius 1 is 1.21 bits per heavy atom. The maximum absolute atomic E-state index is 12.4. The SMILES string of the molecule is COCc1ccc(C(=O)N2CCC(C3CC3)C2)cc1. The summed E-state index contributed by atoms with van der Waals surface area (Å²) in [5.74, 6) is 1.85. The largest absolute Gasteiger partial charge is 0.380 e. The van der Waals surface area contributed by atoms with Gasteiger partial charge in [0.25, 0.3) is 5.91 Å². The quantitative estimate of drug-likeness (QED) is 0.832. The lowest BCUT2D eigenvalue weighted by Crippen LogP contribution is -2.28. The second-order valence-corrected chi connectivity index (χ2v) is 5.77. The number of likely N-dealkylation sites (tertiary alicyclic amines) is 1. The molecule has 0 bridgehead atoms. The van der Waals surface area contributed by atoms with Gasteiger partial charge in [0.2, 0.25) is 0 Å². The summed E-state index contributed by atoms with van der Waals surface area (Å²) >= 11 is 0. The van der Waals surface area contributed by atoms with Gasteiger partial charge in [-0.2, -0.15) is 0 Å². The van der Waals surface area contributed by atoms with Crippen LogP contribution in [0.3, 0.4) is 0 Å². The Hall–Kier alpha value is -1.35. The van der Waals surface area contributed by atoms with Gasteiger partial charge in [-0.1, -0.05) is 12.1 Å². The van der Waals surface area contributed by atoms with Gasteiger partial charge in [0.1, 0.15) is 0 Å². The number of ether oxygens (including phenoxy) is 1. The van der Waals surface area contributed by atoms with Crippen molar-refractivity contribution in [3.63, 3.8) is 0 Å². The Labute approximate surface area is 114 Å². The number of hydrogen-bond acceptors (Lipinski definition) is 2. The molecule has 1 aliphatic heterocycles. The minimum atomic E-state index is 0.187. The molecule has 1 saturated carbocycles. The number of carbonyl (C=O) groups excluding carboxylic acids is 1. The summed E-state index contributed by atoms with van der Waals surface area (Å²) in [5.41, 5.74) is 1.91. The van der Waals surface area contributed by atoms with E-state index in [1.54, 1.807) is 7.11 Å². The average Bonchev–Trinajstić information content (AvgIpc) is 3.17. The van der Waals surface area contributed by atoms with E-state index in [1.807, 2.05) is 29.2 Å². The van der Waals surface area contributed by atoms with Crippen LogP contribution in [0, 0.1) is 11.8 Å². The molecule has 2 fully saturated rings. The van der Waals surface area contributed by atoms with Gasteiger partial charge >= 0.3 is 0 Å². The molecule has 1 aromatic carbocycles. The fraction of sp³-hybridized carbons (Fsp3) is 0.562. The number of carbonyl (C=O) groups is 1. The fourth-order valence-corrected chi connectivity index (χ4v) is 3.02. The van der Waals surface area contributed by atoms with Crippen LogP contribution in [0.15, 0.2) is 24.3 Å². The van der Waals surface area contributed by atoms with Crippen molar-refractivity contribution in [1.29, 1.82) is 0 Å². The zero-order valence-corrected chi connectivity index (χ0v) is 11.5. The molecule has 1 aromatic rings. The van der Waals surface area contributed by atoms with Crippen molar-refractivity contribution in [2.24, 2.45) is 11.8 Å². The van der Waals surface area contributed by atoms with E-state index in [4.69, 9.17) is 4.74 Å². The molecule has 2 aliphatic rings. The number of benzene rings is 1. The summed E-state index contributed by atoms with van der Waals surface area (Å²) in [7, 11) is 1.68. The molecule has 0 aromatic heterocycles. The molecule has 3 rings (SSSR count). The van der Waals surface area contributed by atoms with Crippen LogP contribution in [-0.4, -0.2) is 31.0 Å². The lowest BCUT2D eigenvalue weighted by molar-refractivity contribution is 0.0785. The van der Waals surface area contributed by atoms with Crippen molar-refractivity contribution in [3.8, 4) is 0 Å². The van der Waals surface area contributed by atoms with E-state index in [2.05, 4.69) is 0 Å². The first-order chi connectivity index (χ1) is 9.28. The third kappa shape index (κ3) is 2.81. The predicted molar refractivity (Wildman–Crippen MR) is 73.9 cm³/mol. The molecule has 102 valence electrons. The maximum atomic E-state index is 12.4. The normalized spacial score (nSPS) is 22.8. The van der Waals surface area contributed by atoms with Crippen LogP contribution < -0.4 is 0 Å². The van der Waals surface area contributed by atoms with Crippen molar-refractivity contribution in [3.05, 3.63) is 35.4 Å². The Kier molecular flexibility index (Phi) is 3.56. The molecule has 1 saturated heterocycles. The monoisotopic (exact) mass is 259 g/mol. The molecule has 19 heavy (non-hydrogen) atoms. The summed E-state index contributed by atoms with van der Waals surface area (Å²) in [6.07, 6.45) is 3.94. The van der Waals surface area contributed by atoms with E-state index in [9.17, 15) is 4.79 Å². The van der Waals surface area contributed by atoms with Gasteiger partial charge in [0, 0.05) is 25.8 Å². The summed E-state index contributed by atoms with van der Waals surface area (Å²) < 4.78 is 5.08. The van der Waals surface area contributed by atoms with E-state index in [1.165, 1.54) is 19.3 Å². The lowest BCUT2D eigenvalue weighted by atomic mass is 10.0. The summed E-state index contributed by atoms with van der Waals surface area (Å²) in [5, 5.41) is 0. The smallest absolute Gasteiger partial charge is 0.253 e. The second kappa shape index (κ2) is 5.33. The van der Waals surface area contributed by atoms with Crippen LogP contribution in [0.4, 0.5) is 0 Å². The summed E-state index contributed by atoms with van der Waals surface area (Å²) in [6, 6.07) is 7.79. The van der Waals surface area contributed by atoms with Crippen molar-refractivity contribution in [1.82, 2.24) is 4.90 Å². The first kappa shape index (κ1) is 12.7. The molecular formula is C16H21NO2. The van der Waals surface area contributed by atoms with Crippen LogP contribution in [0.5, 0.6) is 0 Å². The van der Waals surface area contributed by atoms with Gasteiger partial charge in [0.15, 0.2) is 0 Å². The van der Waals surface area contributed by atoms with Gasteiger partial charge in [-0.3, -0.25) is 4.79 Å². The van der Waals surface area contributed by atoms with E-state index < -0.39 is 0 Å². The molecule has 3 heteroatoms. The predicted octanol–water partition coefficient (Wildman–Crippen LogP) is 2.71. The van der Waals surface area contributed by atoms with Crippen LogP contribution >= 0.6 is 0 Å². The topological polar surface area (TPSA) is 29.5 Å². The van der Waals surface area contributed by atoms with Gasteiger partial charge in [-0.25, -0.2) is 0 Å². The number of amides is 1. The summed E-state index contributed by atoms with van der Waals surface area (Å²) in [6.45, 7) is 2.49. The van der Waals surface area contributed by atoms with Crippen molar-refractivity contribution in [2.45, 2.75) is 25.9 Å². The molecule has 0 N–H and O–H groups in total. The van der Waals surface area contributed by atoms with E-state index in [0.29, 0.717) is 6.61 Å². The Bertz CT molecular complexity index is 450. The Morgan fingerprint density at radius 2 is 1.95 bits per heavy atom. The first-order valence-corrected chi connectivity index (χ1v) is 7.15. The highest BCUT2D eigenvalue weighted by Gasteiger charge is 2.37. The van der Waals surface area contributed by atoms with Crippen LogP contribution in [0.25, 0.3) is 0 Å². The fourth-order valence-electron chi connectivity index (χ4n) is 3.02. The van der Waals surface area contributed by atoms with Crippen molar-refractivity contribution >= 4 is 5.91 Å².